The van der Waals surface area contributed by atoms with Crippen molar-refractivity contribution in [1.82, 2.24) is 14.6 Å². The Balaban J connectivity index is 1.38. The van der Waals surface area contributed by atoms with Crippen molar-refractivity contribution in [3.63, 3.8) is 0 Å². The zero-order valence-corrected chi connectivity index (χ0v) is 13.8. The van der Waals surface area contributed by atoms with Crippen LogP contribution in [0, 0.1) is 24.7 Å². The van der Waals surface area contributed by atoms with Crippen molar-refractivity contribution in [1.29, 1.82) is 0 Å². The Kier molecular flexibility index (Phi) is 3.67. The molecule has 0 aliphatic heterocycles. The van der Waals surface area contributed by atoms with Crippen molar-refractivity contribution in [2.45, 2.75) is 45.6 Å². The Morgan fingerprint density at radius 3 is 3.04 bits per heavy atom. The highest BCUT2D eigenvalue weighted by molar-refractivity contribution is 7.16. The van der Waals surface area contributed by atoms with E-state index in [0.717, 1.165) is 11.8 Å². The highest BCUT2D eigenvalue weighted by Gasteiger charge is 2.40. The zero-order chi connectivity index (χ0) is 16.0. The summed E-state index contributed by atoms with van der Waals surface area (Å²) in [5.41, 5.74) is 0.460. The van der Waals surface area contributed by atoms with Crippen LogP contribution in [0.25, 0.3) is 4.96 Å². The summed E-state index contributed by atoms with van der Waals surface area (Å²) in [5.74, 6) is 1.91. The van der Waals surface area contributed by atoms with Crippen molar-refractivity contribution in [2.24, 2.45) is 17.8 Å². The minimum Gasteiger partial charge on any atom is -0.458 e. The summed E-state index contributed by atoms with van der Waals surface area (Å²) >= 11 is 1.29. The summed E-state index contributed by atoms with van der Waals surface area (Å²) in [6.07, 6.45) is 5.60. The first kappa shape index (κ1) is 14.8. The van der Waals surface area contributed by atoms with Gasteiger partial charge in [0.05, 0.1) is 0 Å². The van der Waals surface area contributed by atoms with E-state index in [0.29, 0.717) is 28.0 Å². The van der Waals surface area contributed by atoms with Crippen LogP contribution < -0.4 is 5.56 Å². The molecule has 0 N–H and O–H groups in total. The van der Waals surface area contributed by atoms with Crippen LogP contribution in [0.4, 0.5) is 0 Å². The summed E-state index contributed by atoms with van der Waals surface area (Å²) in [6, 6.07) is 1.44. The molecule has 0 amide bonds. The molecule has 7 heteroatoms. The van der Waals surface area contributed by atoms with Crippen LogP contribution in [-0.4, -0.2) is 20.6 Å². The van der Waals surface area contributed by atoms with Gasteiger partial charge < -0.3 is 4.74 Å². The molecule has 2 aliphatic carbocycles. The second-order valence-electron chi connectivity index (χ2n) is 6.73. The number of carbonyl (C=O) groups excluding carboxylic acids is 1. The number of fused-ring (bicyclic) bond motifs is 3. The Bertz CT molecular complexity index is 812. The molecule has 2 fully saturated rings. The second-order valence-corrected chi connectivity index (χ2v) is 7.77. The lowest BCUT2D eigenvalue weighted by Crippen LogP contribution is -2.17. The van der Waals surface area contributed by atoms with E-state index < -0.39 is 0 Å². The van der Waals surface area contributed by atoms with Crippen molar-refractivity contribution in [3.8, 4) is 0 Å². The fourth-order valence-corrected chi connectivity index (χ4v) is 4.92. The van der Waals surface area contributed by atoms with Crippen LogP contribution in [0.15, 0.2) is 10.9 Å². The van der Waals surface area contributed by atoms with E-state index in [1.807, 2.05) is 0 Å². The molecule has 2 heterocycles. The van der Waals surface area contributed by atoms with Gasteiger partial charge in [0, 0.05) is 18.2 Å². The van der Waals surface area contributed by atoms with Crippen molar-refractivity contribution in [3.05, 3.63) is 27.1 Å². The fourth-order valence-electron chi connectivity index (χ4n) is 4.06. The molecule has 0 radical (unpaired) electrons. The molecule has 2 aromatic heterocycles. The van der Waals surface area contributed by atoms with E-state index in [2.05, 4.69) is 10.1 Å². The van der Waals surface area contributed by atoms with Gasteiger partial charge in [-0.25, -0.2) is 4.98 Å². The minimum atomic E-state index is -0.205. The lowest BCUT2D eigenvalue weighted by atomic mass is 9.86. The van der Waals surface area contributed by atoms with Crippen LogP contribution in [0.5, 0.6) is 0 Å². The number of rotatable bonds is 4. The molecule has 2 bridgehead atoms. The first-order valence-electron chi connectivity index (χ1n) is 8.10. The second kappa shape index (κ2) is 5.70. The Labute approximate surface area is 137 Å². The van der Waals surface area contributed by atoms with E-state index >= 15 is 0 Å². The molecule has 2 aliphatic rings. The largest absolute Gasteiger partial charge is 0.458 e. The molecule has 0 spiro atoms. The van der Waals surface area contributed by atoms with Gasteiger partial charge in [0.25, 0.3) is 5.56 Å². The normalized spacial score (nSPS) is 26.0. The highest BCUT2D eigenvalue weighted by Crippen LogP contribution is 2.49. The standard InChI is InChI=1S/C16H19N3O3S/c1-9-4-14(20)19-16(17-9)23-13(18-19)8-22-15(21)7-12-6-10-2-3-11(12)5-10/h4,10-12H,2-3,5-8H2,1H3/t10-,11+,12-/m0/s1. The van der Waals surface area contributed by atoms with Crippen molar-refractivity contribution >= 4 is 22.3 Å². The molecule has 2 saturated carbocycles. The third-order valence-electron chi connectivity index (χ3n) is 5.08. The maximum atomic E-state index is 12.1. The maximum absolute atomic E-state index is 12.1. The summed E-state index contributed by atoms with van der Waals surface area (Å²) < 4.78 is 6.62. The first-order valence-corrected chi connectivity index (χ1v) is 8.92. The van der Waals surface area contributed by atoms with E-state index in [-0.39, 0.29) is 18.1 Å². The summed E-state index contributed by atoms with van der Waals surface area (Å²) in [5, 5.41) is 4.78. The number of hydrogen-bond acceptors (Lipinski definition) is 6. The van der Waals surface area contributed by atoms with E-state index in [9.17, 15) is 9.59 Å². The molecule has 2 aromatic rings. The van der Waals surface area contributed by atoms with Gasteiger partial charge in [-0.15, -0.1) is 0 Å². The lowest BCUT2D eigenvalue weighted by molar-refractivity contribution is -0.146. The van der Waals surface area contributed by atoms with Gasteiger partial charge in [-0.2, -0.15) is 9.61 Å². The summed E-state index contributed by atoms with van der Waals surface area (Å²) in [7, 11) is 0. The number of esters is 1. The monoisotopic (exact) mass is 333 g/mol. The van der Waals surface area contributed by atoms with E-state index in [4.69, 9.17) is 4.74 Å². The van der Waals surface area contributed by atoms with Crippen LogP contribution in [0.3, 0.4) is 0 Å². The smallest absolute Gasteiger partial charge is 0.306 e. The molecule has 6 nitrogen and oxygen atoms in total. The Morgan fingerprint density at radius 1 is 1.43 bits per heavy atom. The van der Waals surface area contributed by atoms with Gasteiger partial charge in [-0.3, -0.25) is 9.59 Å². The third kappa shape index (κ3) is 2.89. The van der Waals surface area contributed by atoms with Gasteiger partial charge in [-0.05, 0) is 43.9 Å². The fraction of sp³-hybridized carbons (Fsp3) is 0.625. The Morgan fingerprint density at radius 2 is 2.30 bits per heavy atom. The summed E-state index contributed by atoms with van der Waals surface area (Å²) in [4.78, 5) is 28.7. The van der Waals surface area contributed by atoms with E-state index in [1.165, 1.54) is 47.6 Å². The third-order valence-corrected chi connectivity index (χ3v) is 5.97. The first-order chi connectivity index (χ1) is 11.1. The topological polar surface area (TPSA) is 73.6 Å². The molecule has 0 aromatic carbocycles. The number of aromatic nitrogens is 3. The van der Waals surface area contributed by atoms with Crippen molar-refractivity contribution < 1.29 is 9.53 Å². The molecule has 122 valence electrons. The molecule has 0 unspecified atom stereocenters. The maximum Gasteiger partial charge on any atom is 0.306 e. The van der Waals surface area contributed by atoms with Crippen LogP contribution in [0.2, 0.25) is 0 Å². The number of nitrogens with zero attached hydrogens (tertiary/aromatic N) is 3. The van der Waals surface area contributed by atoms with Crippen molar-refractivity contribution in [2.75, 3.05) is 0 Å². The number of carbonyl (C=O) groups is 1. The molecule has 0 saturated heterocycles. The average Bonchev–Trinajstić information content (AvgIpc) is 3.19. The number of ether oxygens (including phenoxy) is 1. The van der Waals surface area contributed by atoms with Crippen LogP contribution >= 0.6 is 11.3 Å². The zero-order valence-electron chi connectivity index (χ0n) is 13.0. The van der Waals surface area contributed by atoms with Gasteiger partial charge in [0.1, 0.15) is 6.61 Å². The molecular weight excluding hydrogens is 314 g/mol. The average molecular weight is 333 g/mol. The molecular formula is C16H19N3O3S. The van der Waals surface area contributed by atoms with Gasteiger partial charge in [-0.1, -0.05) is 17.8 Å². The molecule has 23 heavy (non-hydrogen) atoms. The van der Waals surface area contributed by atoms with Crippen LogP contribution in [0.1, 0.15) is 42.8 Å². The minimum absolute atomic E-state index is 0.117. The number of hydrogen-bond donors (Lipinski definition) is 0. The van der Waals surface area contributed by atoms with Gasteiger partial charge in [0.2, 0.25) is 4.96 Å². The predicted molar refractivity (Wildman–Crippen MR) is 85.2 cm³/mol. The quantitative estimate of drug-likeness (QED) is 0.803. The summed E-state index contributed by atoms with van der Waals surface area (Å²) in [6.45, 7) is 1.89. The SMILES string of the molecule is Cc1cc(=O)n2nc(COC(=O)C[C@@H]3C[C@H]4CC[C@@H]3C4)sc2n1. The predicted octanol–water partition coefficient (Wildman–Crippen LogP) is 2.33. The molecule has 4 rings (SSSR count). The van der Waals surface area contributed by atoms with Gasteiger partial charge >= 0.3 is 5.97 Å². The lowest BCUT2D eigenvalue weighted by Gasteiger charge is -2.20. The highest BCUT2D eigenvalue weighted by atomic mass is 32.1. The van der Waals surface area contributed by atoms with E-state index in [1.54, 1.807) is 6.92 Å². The van der Waals surface area contributed by atoms with Gasteiger partial charge in [0.15, 0.2) is 5.01 Å². The Hall–Kier alpha value is -1.76. The molecule has 3 atom stereocenters. The number of aryl methyl sites for hydroxylation is 1. The van der Waals surface area contributed by atoms with Crippen LogP contribution in [-0.2, 0) is 16.1 Å².